The highest BCUT2D eigenvalue weighted by atomic mass is 32.1. The SMILES string of the molecule is COc1ccc(N2CCN(C(=O)c3cc(-c4cccs4)nc4ccc(C)cc34)CC2)cc1. The van der Waals surface area contributed by atoms with Crippen molar-refractivity contribution >= 4 is 33.8 Å². The molecule has 1 saturated heterocycles. The Hall–Kier alpha value is -3.38. The Bertz CT molecular complexity index is 1240. The summed E-state index contributed by atoms with van der Waals surface area (Å²) in [6.07, 6.45) is 0. The van der Waals surface area contributed by atoms with Gasteiger partial charge in [-0.25, -0.2) is 4.98 Å². The predicted molar refractivity (Wildman–Crippen MR) is 131 cm³/mol. The van der Waals surface area contributed by atoms with Crippen LogP contribution in [0.25, 0.3) is 21.5 Å². The minimum Gasteiger partial charge on any atom is -0.497 e. The van der Waals surface area contributed by atoms with E-state index in [-0.39, 0.29) is 5.91 Å². The number of hydrogen-bond acceptors (Lipinski definition) is 5. The van der Waals surface area contributed by atoms with E-state index in [1.807, 2.05) is 40.6 Å². The van der Waals surface area contributed by atoms with E-state index in [1.54, 1.807) is 18.4 Å². The van der Waals surface area contributed by atoms with Crippen molar-refractivity contribution < 1.29 is 9.53 Å². The van der Waals surface area contributed by atoms with E-state index in [0.29, 0.717) is 13.1 Å². The first-order valence-electron chi connectivity index (χ1n) is 10.8. The monoisotopic (exact) mass is 443 g/mol. The highest BCUT2D eigenvalue weighted by Gasteiger charge is 2.25. The highest BCUT2D eigenvalue weighted by Crippen LogP contribution is 2.30. The number of anilines is 1. The molecule has 1 aliphatic rings. The second-order valence-electron chi connectivity index (χ2n) is 8.03. The lowest BCUT2D eigenvalue weighted by molar-refractivity contribution is 0.0748. The summed E-state index contributed by atoms with van der Waals surface area (Å²) in [4.78, 5) is 23.8. The van der Waals surface area contributed by atoms with Gasteiger partial charge in [0.25, 0.3) is 5.91 Å². The van der Waals surface area contributed by atoms with Gasteiger partial charge in [0.1, 0.15) is 5.75 Å². The van der Waals surface area contributed by atoms with Crippen LogP contribution in [0, 0.1) is 6.92 Å². The molecule has 4 aromatic rings. The second kappa shape index (κ2) is 8.63. The average molecular weight is 444 g/mol. The summed E-state index contributed by atoms with van der Waals surface area (Å²) in [5.74, 6) is 0.930. The van der Waals surface area contributed by atoms with Gasteiger partial charge in [0.2, 0.25) is 0 Å². The molecule has 0 aliphatic carbocycles. The number of piperazine rings is 1. The third-order valence-electron chi connectivity index (χ3n) is 5.97. The average Bonchev–Trinajstić information content (AvgIpc) is 3.38. The van der Waals surface area contributed by atoms with E-state index in [2.05, 4.69) is 42.2 Å². The molecule has 5 nitrogen and oxygen atoms in total. The van der Waals surface area contributed by atoms with Crippen molar-refractivity contribution in [3.8, 4) is 16.3 Å². The minimum absolute atomic E-state index is 0.0789. The molecule has 0 radical (unpaired) electrons. The number of carbonyl (C=O) groups is 1. The zero-order valence-electron chi connectivity index (χ0n) is 18.2. The summed E-state index contributed by atoms with van der Waals surface area (Å²) in [7, 11) is 1.67. The quantitative estimate of drug-likeness (QED) is 0.433. The molecule has 5 rings (SSSR count). The molecule has 2 aromatic heterocycles. The van der Waals surface area contributed by atoms with Crippen LogP contribution in [0.3, 0.4) is 0 Å². The van der Waals surface area contributed by atoms with Crippen LogP contribution in [-0.4, -0.2) is 49.1 Å². The molecule has 0 unspecified atom stereocenters. The number of nitrogens with zero attached hydrogens (tertiary/aromatic N) is 3. The molecule has 6 heteroatoms. The Morgan fingerprint density at radius 2 is 1.78 bits per heavy atom. The molecule has 32 heavy (non-hydrogen) atoms. The number of hydrogen-bond donors (Lipinski definition) is 0. The van der Waals surface area contributed by atoms with E-state index in [0.717, 1.165) is 57.1 Å². The summed E-state index contributed by atoms with van der Waals surface area (Å²) in [6.45, 7) is 5.04. The van der Waals surface area contributed by atoms with Crippen molar-refractivity contribution in [2.24, 2.45) is 0 Å². The molecular formula is C26H25N3O2S. The van der Waals surface area contributed by atoms with Crippen LogP contribution in [0.2, 0.25) is 0 Å². The zero-order valence-corrected chi connectivity index (χ0v) is 19.1. The van der Waals surface area contributed by atoms with Gasteiger partial charge in [-0.2, -0.15) is 0 Å². The molecule has 1 amide bonds. The Morgan fingerprint density at radius 1 is 1.00 bits per heavy atom. The summed E-state index contributed by atoms with van der Waals surface area (Å²) in [6, 6.07) is 20.3. The minimum atomic E-state index is 0.0789. The molecule has 3 heterocycles. The van der Waals surface area contributed by atoms with Crippen LogP contribution in [0.1, 0.15) is 15.9 Å². The van der Waals surface area contributed by atoms with E-state index >= 15 is 0 Å². The lowest BCUT2D eigenvalue weighted by Crippen LogP contribution is -2.48. The van der Waals surface area contributed by atoms with E-state index < -0.39 is 0 Å². The highest BCUT2D eigenvalue weighted by molar-refractivity contribution is 7.13. The zero-order chi connectivity index (χ0) is 22.1. The van der Waals surface area contributed by atoms with Crippen LogP contribution >= 0.6 is 11.3 Å². The Labute approximate surface area is 191 Å². The molecular weight excluding hydrogens is 418 g/mol. The summed E-state index contributed by atoms with van der Waals surface area (Å²) in [5, 5.41) is 2.96. The van der Waals surface area contributed by atoms with Gasteiger partial charge in [-0.15, -0.1) is 11.3 Å². The fourth-order valence-corrected chi connectivity index (χ4v) is 4.88. The molecule has 0 saturated carbocycles. The smallest absolute Gasteiger partial charge is 0.254 e. The fraction of sp³-hybridized carbons (Fsp3) is 0.231. The maximum Gasteiger partial charge on any atom is 0.254 e. The molecule has 1 fully saturated rings. The number of ether oxygens (including phenoxy) is 1. The van der Waals surface area contributed by atoms with Crippen molar-refractivity contribution in [3.05, 3.63) is 77.2 Å². The third kappa shape index (κ3) is 3.94. The number of methoxy groups -OCH3 is 1. The van der Waals surface area contributed by atoms with Crippen LogP contribution in [0.4, 0.5) is 5.69 Å². The van der Waals surface area contributed by atoms with Crippen molar-refractivity contribution in [3.63, 3.8) is 0 Å². The van der Waals surface area contributed by atoms with Gasteiger partial charge < -0.3 is 14.5 Å². The first-order chi connectivity index (χ1) is 15.6. The van der Waals surface area contributed by atoms with Gasteiger partial charge in [0.05, 0.1) is 28.8 Å². The van der Waals surface area contributed by atoms with Gasteiger partial charge in [-0.1, -0.05) is 17.7 Å². The summed E-state index contributed by atoms with van der Waals surface area (Å²) >= 11 is 1.64. The van der Waals surface area contributed by atoms with Gasteiger partial charge in [0.15, 0.2) is 0 Å². The van der Waals surface area contributed by atoms with Gasteiger partial charge >= 0.3 is 0 Å². The number of rotatable bonds is 4. The van der Waals surface area contributed by atoms with Crippen molar-refractivity contribution in [1.29, 1.82) is 0 Å². The Balaban J connectivity index is 1.41. The van der Waals surface area contributed by atoms with Crippen LogP contribution in [0.15, 0.2) is 66.0 Å². The fourth-order valence-electron chi connectivity index (χ4n) is 4.20. The number of fused-ring (bicyclic) bond motifs is 1. The maximum atomic E-state index is 13.6. The molecule has 162 valence electrons. The first kappa shape index (κ1) is 20.5. The predicted octanol–water partition coefficient (Wildman–Crippen LogP) is 5.24. The second-order valence-corrected chi connectivity index (χ2v) is 8.98. The number of aromatic nitrogens is 1. The largest absolute Gasteiger partial charge is 0.497 e. The summed E-state index contributed by atoms with van der Waals surface area (Å²) < 4.78 is 5.26. The van der Waals surface area contributed by atoms with Crippen LogP contribution < -0.4 is 9.64 Å². The van der Waals surface area contributed by atoms with Crippen LogP contribution in [0.5, 0.6) is 5.75 Å². The third-order valence-corrected chi connectivity index (χ3v) is 6.87. The number of pyridine rings is 1. The summed E-state index contributed by atoms with van der Waals surface area (Å²) in [5.41, 5.74) is 4.74. The molecule has 0 bridgehead atoms. The van der Waals surface area contributed by atoms with E-state index in [4.69, 9.17) is 9.72 Å². The number of carbonyl (C=O) groups excluding carboxylic acids is 1. The van der Waals surface area contributed by atoms with Gasteiger partial charge in [-0.3, -0.25) is 4.79 Å². The number of amides is 1. The lowest BCUT2D eigenvalue weighted by Gasteiger charge is -2.36. The first-order valence-corrected chi connectivity index (χ1v) is 11.6. The lowest BCUT2D eigenvalue weighted by atomic mass is 10.0. The maximum absolute atomic E-state index is 13.6. The van der Waals surface area contributed by atoms with E-state index in [1.165, 1.54) is 0 Å². The molecule has 0 atom stereocenters. The molecule has 0 N–H and O–H groups in total. The standard InChI is InChI=1S/C26H25N3O2S/c1-18-5-10-23-21(16-18)22(17-24(27-23)25-4-3-15-32-25)26(30)29-13-11-28(12-14-29)19-6-8-20(31-2)9-7-19/h3-10,15-17H,11-14H2,1-2H3. The van der Waals surface area contributed by atoms with Crippen molar-refractivity contribution in [2.45, 2.75) is 6.92 Å². The normalized spacial score (nSPS) is 14.1. The Morgan fingerprint density at radius 3 is 2.47 bits per heavy atom. The van der Waals surface area contributed by atoms with E-state index in [9.17, 15) is 4.79 Å². The molecule has 2 aromatic carbocycles. The van der Waals surface area contributed by atoms with Crippen molar-refractivity contribution in [1.82, 2.24) is 9.88 Å². The number of benzene rings is 2. The van der Waals surface area contributed by atoms with Gasteiger partial charge in [-0.05, 0) is 60.8 Å². The number of aryl methyl sites for hydroxylation is 1. The van der Waals surface area contributed by atoms with Gasteiger partial charge in [0, 0.05) is 37.3 Å². The number of thiophene rings is 1. The molecule has 0 spiro atoms. The Kier molecular flexibility index (Phi) is 5.53. The van der Waals surface area contributed by atoms with Crippen LogP contribution in [-0.2, 0) is 0 Å². The molecule has 1 aliphatic heterocycles. The van der Waals surface area contributed by atoms with Crippen molar-refractivity contribution in [2.75, 3.05) is 38.2 Å². The topological polar surface area (TPSA) is 45.7 Å².